The minimum atomic E-state index is -4.28. The smallest absolute Gasteiger partial charge is 0.294 e. The lowest BCUT2D eigenvalue weighted by atomic mass is 10.1. The zero-order valence-corrected chi connectivity index (χ0v) is 9.23. The van der Waals surface area contributed by atoms with Crippen LogP contribution in [0.15, 0.2) is 28.7 Å². The molecule has 0 spiro atoms. The first-order valence-corrected chi connectivity index (χ1v) is 5.04. The van der Waals surface area contributed by atoms with Gasteiger partial charge in [-0.15, -0.1) is 0 Å². The quantitative estimate of drug-likeness (QED) is 0.766. The van der Waals surface area contributed by atoms with Crippen molar-refractivity contribution in [3.63, 3.8) is 0 Å². The predicted octanol–water partition coefficient (Wildman–Crippen LogP) is 3.97. The molecule has 0 bridgehead atoms. The number of halogens is 4. The van der Waals surface area contributed by atoms with E-state index in [9.17, 15) is 18.0 Å². The Hall–Kier alpha value is -0.840. The summed E-state index contributed by atoms with van der Waals surface area (Å²) in [7, 11) is 0. The van der Waals surface area contributed by atoms with Gasteiger partial charge in [0.1, 0.15) is 0 Å². The van der Waals surface area contributed by atoms with Crippen molar-refractivity contribution < 1.29 is 18.0 Å². The van der Waals surface area contributed by atoms with Crippen LogP contribution in [0.1, 0.15) is 23.2 Å². The third-order valence-corrected chi connectivity index (χ3v) is 2.50. The molecule has 0 aromatic heterocycles. The van der Waals surface area contributed by atoms with Crippen molar-refractivity contribution in [3.8, 4) is 0 Å². The summed E-state index contributed by atoms with van der Waals surface area (Å²) in [4.78, 5) is 11.4. The van der Waals surface area contributed by atoms with Crippen LogP contribution in [0.5, 0.6) is 0 Å². The number of hydrogen-bond acceptors (Lipinski definition) is 1. The molecule has 1 aromatic rings. The van der Waals surface area contributed by atoms with Crippen molar-refractivity contribution in [3.05, 3.63) is 34.3 Å². The van der Waals surface area contributed by atoms with Crippen molar-refractivity contribution in [1.82, 2.24) is 0 Å². The minimum absolute atomic E-state index is 0.293. The number of alkyl halides is 3. The van der Waals surface area contributed by atoms with Crippen LogP contribution >= 0.6 is 15.9 Å². The molecule has 1 aromatic carbocycles. The van der Waals surface area contributed by atoms with Gasteiger partial charge in [-0.25, -0.2) is 0 Å². The zero-order valence-electron chi connectivity index (χ0n) is 7.64. The molecule has 0 aliphatic carbocycles. The van der Waals surface area contributed by atoms with Crippen LogP contribution < -0.4 is 0 Å². The number of benzene rings is 1. The van der Waals surface area contributed by atoms with Crippen LogP contribution in [0.2, 0.25) is 0 Å². The summed E-state index contributed by atoms with van der Waals surface area (Å²) >= 11 is 3.12. The van der Waals surface area contributed by atoms with Crippen LogP contribution in [0.25, 0.3) is 0 Å². The molecule has 0 unspecified atom stereocenters. The molecule has 0 radical (unpaired) electrons. The van der Waals surface area contributed by atoms with Crippen molar-refractivity contribution >= 4 is 21.7 Å². The number of Topliss-reactive ketones (excluding diaryl/α,β-unsaturated/α-hetero) is 1. The maximum absolute atomic E-state index is 11.9. The summed E-state index contributed by atoms with van der Waals surface area (Å²) in [5, 5.41) is 0. The van der Waals surface area contributed by atoms with E-state index in [0.29, 0.717) is 10.0 Å². The highest BCUT2D eigenvalue weighted by Gasteiger charge is 2.28. The minimum Gasteiger partial charge on any atom is -0.294 e. The predicted molar refractivity (Wildman–Crippen MR) is 53.8 cm³/mol. The van der Waals surface area contributed by atoms with Crippen molar-refractivity contribution in [1.29, 1.82) is 0 Å². The SMILES string of the molecule is O=C(CCC(F)(F)F)c1ccccc1Br. The highest BCUT2D eigenvalue weighted by Crippen LogP contribution is 2.24. The highest BCUT2D eigenvalue weighted by atomic mass is 79.9. The van der Waals surface area contributed by atoms with Crippen molar-refractivity contribution in [2.75, 3.05) is 0 Å². The molecular formula is C10H8BrF3O. The normalized spacial score (nSPS) is 11.5. The van der Waals surface area contributed by atoms with Gasteiger partial charge in [0, 0.05) is 16.5 Å². The summed E-state index contributed by atoms with van der Waals surface area (Å²) < 4.78 is 36.1. The Morgan fingerprint density at radius 2 is 1.87 bits per heavy atom. The van der Waals surface area contributed by atoms with E-state index in [1.165, 1.54) is 6.07 Å². The lowest BCUT2D eigenvalue weighted by Gasteiger charge is -2.06. The molecule has 0 aliphatic rings. The van der Waals surface area contributed by atoms with Gasteiger partial charge in [0.2, 0.25) is 0 Å². The van der Waals surface area contributed by atoms with E-state index in [-0.39, 0.29) is 0 Å². The summed E-state index contributed by atoms with van der Waals surface area (Å²) in [5.74, 6) is -0.500. The van der Waals surface area contributed by atoms with E-state index < -0.39 is 24.8 Å². The summed E-state index contributed by atoms with van der Waals surface area (Å²) in [6.45, 7) is 0. The standard InChI is InChI=1S/C10H8BrF3O/c11-8-4-2-1-3-7(8)9(15)5-6-10(12,13)14/h1-4H,5-6H2. The summed E-state index contributed by atoms with van der Waals surface area (Å²) in [6.07, 6.45) is -5.86. The van der Waals surface area contributed by atoms with Gasteiger partial charge in [-0.05, 0) is 6.07 Å². The highest BCUT2D eigenvalue weighted by molar-refractivity contribution is 9.10. The molecule has 0 amide bonds. The Balaban J connectivity index is 2.66. The van der Waals surface area contributed by atoms with E-state index in [1.54, 1.807) is 18.2 Å². The second-order valence-electron chi connectivity index (χ2n) is 3.02. The average Bonchev–Trinajstić information content (AvgIpc) is 2.14. The van der Waals surface area contributed by atoms with Gasteiger partial charge in [0.15, 0.2) is 5.78 Å². The van der Waals surface area contributed by atoms with E-state index in [4.69, 9.17) is 0 Å². The first-order chi connectivity index (χ1) is 6.90. The molecule has 0 fully saturated rings. The molecule has 0 N–H and O–H groups in total. The maximum atomic E-state index is 11.9. The monoisotopic (exact) mass is 280 g/mol. The molecule has 1 rings (SSSR count). The van der Waals surface area contributed by atoms with E-state index >= 15 is 0 Å². The zero-order chi connectivity index (χ0) is 11.5. The fraction of sp³-hybridized carbons (Fsp3) is 0.300. The number of carbonyl (C=O) groups excluding carboxylic acids is 1. The molecule has 0 saturated heterocycles. The lowest BCUT2D eigenvalue weighted by Crippen LogP contribution is -2.11. The van der Waals surface area contributed by atoms with Crippen LogP contribution in [0.3, 0.4) is 0 Å². The first kappa shape index (κ1) is 12.2. The fourth-order valence-electron chi connectivity index (χ4n) is 1.08. The topological polar surface area (TPSA) is 17.1 Å². The fourth-order valence-corrected chi connectivity index (χ4v) is 1.58. The Morgan fingerprint density at radius 3 is 2.40 bits per heavy atom. The van der Waals surface area contributed by atoms with E-state index in [2.05, 4.69) is 15.9 Å². The largest absolute Gasteiger partial charge is 0.389 e. The summed E-state index contributed by atoms with van der Waals surface area (Å²) in [5.41, 5.74) is 0.293. The van der Waals surface area contributed by atoms with Crippen LogP contribution in [-0.4, -0.2) is 12.0 Å². The Bertz CT molecular complexity index is 360. The van der Waals surface area contributed by atoms with E-state index in [1.807, 2.05) is 0 Å². The van der Waals surface area contributed by atoms with Gasteiger partial charge in [-0.2, -0.15) is 13.2 Å². The summed E-state index contributed by atoms with van der Waals surface area (Å²) in [6, 6.07) is 6.44. The second kappa shape index (κ2) is 4.79. The van der Waals surface area contributed by atoms with Crippen LogP contribution in [0.4, 0.5) is 13.2 Å². The second-order valence-corrected chi connectivity index (χ2v) is 3.87. The molecule has 0 aliphatic heterocycles. The number of carbonyl (C=O) groups is 1. The molecule has 1 nitrogen and oxygen atoms in total. The molecule has 5 heteroatoms. The van der Waals surface area contributed by atoms with Gasteiger partial charge in [0.25, 0.3) is 0 Å². The van der Waals surface area contributed by atoms with Gasteiger partial charge in [-0.1, -0.05) is 34.1 Å². The Labute approximate surface area is 93.4 Å². The maximum Gasteiger partial charge on any atom is 0.389 e. The molecule has 0 heterocycles. The lowest BCUT2D eigenvalue weighted by molar-refractivity contribution is -0.133. The molecule has 15 heavy (non-hydrogen) atoms. The van der Waals surface area contributed by atoms with Crippen molar-refractivity contribution in [2.45, 2.75) is 19.0 Å². The number of hydrogen-bond donors (Lipinski definition) is 0. The molecule has 0 saturated carbocycles. The third-order valence-electron chi connectivity index (χ3n) is 1.81. The Morgan fingerprint density at radius 1 is 1.27 bits per heavy atom. The van der Waals surface area contributed by atoms with Gasteiger partial charge >= 0.3 is 6.18 Å². The Kier molecular flexibility index (Phi) is 3.90. The number of ketones is 1. The average molecular weight is 281 g/mol. The van der Waals surface area contributed by atoms with Gasteiger partial charge in [-0.3, -0.25) is 4.79 Å². The molecular weight excluding hydrogens is 273 g/mol. The van der Waals surface area contributed by atoms with Gasteiger partial charge < -0.3 is 0 Å². The third kappa shape index (κ3) is 4.03. The molecule has 0 atom stereocenters. The first-order valence-electron chi connectivity index (χ1n) is 4.24. The van der Waals surface area contributed by atoms with Gasteiger partial charge in [0.05, 0.1) is 6.42 Å². The number of rotatable bonds is 3. The molecule has 82 valence electrons. The van der Waals surface area contributed by atoms with Crippen LogP contribution in [-0.2, 0) is 0 Å². The van der Waals surface area contributed by atoms with E-state index in [0.717, 1.165) is 0 Å². The van der Waals surface area contributed by atoms with Crippen LogP contribution in [0, 0.1) is 0 Å². The van der Waals surface area contributed by atoms with Crippen molar-refractivity contribution in [2.24, 2.45) is 0 Å².